The second kappa shape index (κ2) is 17.6. The second-order valence-electron chi connectivity index (χ2n) is 16.8. The molecule has 2 amide bonds. The molecule has 0 spiro atoms. The monoisotopic (exact) mass is 810 g/mol. The van der Waals surface area contributed by atoms with Gasteiger partial charge in [-0.1, -0.05) is 18.2 Å². The number of rotatable bonds is 11. The number of hydrogen-bond donors (Lipinski definition) is 0. The van der Waals surface area contributed by atoms with Crippen LogP contribution in [0.4, 0.5) is 9.59 Å². The van der Waals surface area contributed by atoms with Crippen LogP contribution in [0.2, 0.25) is 0 Å². The molecule has 6 rings (SSSR count). The van der Waals surface area contributed by atoms with Crippen molar-refractivity contribution >= 4 is 12.2 Å². The van der Waals surface area contributed by atoms with E-state index in [1.165, 1.54) is 0 Å². The van der Waals surface area contributed by atoms with Gasteiger partial charge in [-0.05, 0) is 149 Å². The molecule has 0 N–H and O–H groups in total. The Morgan fingerprint density at radius 2 is 0.983 bits per heavy atom. The third-order valence-electron chi connectivity index (χ3n) is 10.5. The molecule has 2 aliphatic heterocycles. The lowest BCUT2D eigenvalue weighted by Gasteiger charge is -2.38. The lowest BCUT2D eigenvalue weighted by atomic mass is 9.88. The molecule has 4 aromatic carbocycles. The van der Waals surface area contributed by atoms with E-state index in [-0.39, 0.29) is 24.3 Å². The summed E-state index contributed by atoms with van der Waals surface area (Å²) in [6.45, 7) is 12.2. The van der Waals surface area contributed by atoms with Crippen LogP contribution in [0.5, 0.6) is 40.2 Å². The van der Waals surface area contributed by atoms with Crippen molar-refractivity contribution in [2.75, 3.05) is 48.6 Å². The first-order valence-corrected chi connectivity index (χ1v) is 20.0. The Balaban J connectivity index is 1.31. The Bertz CT molecular complexity index is 2150. The first-order valence-electron chi connectivity index (χ1n) is 20.0. The summed E-state index contributed by atoms with van der Waals surface area (Å²) < 4.78 is 46.8. The molecular formula is C47H58N2O10. The number of benzene rings is 4. The van der Waals surface area contributed by atoms with Gasteiger partial charge < -0.3 is 47.7 Å². The van der Waals surface area contributed by atoms with E-state index in [1.54, 1.807) is 45.3 Å². The average Bonchev–Trinajstić information content (AvgIpc) is 3.18. The molecule has 0 fully saturated rings. The maximum atomic E-state index is 13.7. The highest BCUT2D eigenvalue weighted by atomic mass is 16.6. The zero-order valence-corrected chi connectivity index (χ0v) is 36.2. The minimum Gasteiger partial charge on any atom is -0.493 e. The number of amides is 2. The molecule has 0 saturated carbocycles. The van der Waals surface area contributed by atoms with Gasteiger partial charge in [0.2, 0.25) is 0 Å². The van der Waals surface area contributed by atoms with Crippen LogP contribution in [0.25, 0.3) is 0 Å². The minimum atomic E-state index is -0.663. The van der Waals surface area contributed by atoms with Gasteiger partial charge in [0.25, 0.3) is 0 Å². The SMILES string of the molecule is COc1cc2c(cc1OC)[C@@H](Cc1cccc(Oc3cc(C[C@@H]4c5cc(OC)c(OC)cc5CCN4C(=O)OC(C)(C)C)ccc3OC)c1)N(C(=O)OC(C)(C)C)CC2. The molecule has 316 valence electrons. The maximum Gasteiger partial charge on any atom is 0.410 e. The van der Waals surface area contributed by atoms with E-state index in [0.717, 1.165) is 33.4 Å². The highest BCUT2D eigenvalue weighted by molar-refractivity contribution is 5.71. The fraction of sp³-hybridized carbons (Fsp3) is 0.447. The minimum absolute atomic E-state index is 0.341. The fourth-order valence-electron chi connectivity index (χ4n) is 7.81. The van der Waals surface area contributed by atoms with Gasteiger partial charge >= 0.3 is 12.2 Å². The number of nitrogens with zero attached hydrogens (tertiary/aromatic N) is 2. The summed E-state index contributed by atoms with van der Waals surface area (Å²) in [6, 6.07) is 20.9. The Morgan fingerprint density at radius 3 is 1.42 bits per heavy atom. The van der Waals surface area contributed by atoms with Gasteiger partial charge in [0.05, 0.1) is 47.6 Å². The van der Waals surface area contributed by atoms with Crippen molar-refractivity contribution in [3.63, 3.8) is 0 Å². The quantitative estimate of drug-likeness (QED) is 0.145. The molecule has 12 nitrogen and oxygen atoms in total. The first-order chi connectivity index (χ1) is 28.0. The smallest absolute Gasteiger partial charge is 0.410 e. The molecule has 0 saturated heterocycles. The van der Waals surface area contributed by atoms with E-state index in [0.29, 0.717) is 79.0 Å². The summed E-state index contributed by atoms with van der Waals surface area (Å²) in [5.41, 5.74) is 4.67. The second-order valence-corrected chi connectivity index (χ2v) is 16.8. The summed E-state index contributed by atoms with van der Waals surface area (Å²) in [5.74, 6) is 4.14. The summed E-state index contributed by atoms with van der Waals surface area (Å²) in [7, 11) is 8.06. The topological polar surface area (TPSA) is 114 Å². The van der Waals surface area contributed by atoms with Crippen molar-refractivity contribution in [3.05, 3.63) is 100 Å². The van der Waals surface area contributed by atoms with Crippen LogP contribution in [0, 0.1) is 0 Å². The largest absolute Gasteiger partial charge is 0.493 e. The molecule has 0 aliphatic carbocycles. The van der Waals surface area contributed by atoms with Crippen LogP contribution in [-0.4, -0.2) is 81.8 Å². The van der Waals surface area contributed by atoms with E-state index in [9.17, 15) is 9.59 Å². The standard InChI is InChI=1S/C47H58N2O10/c1-46(2,3)58-44(50)48-19-17-31-25-39(53-8)41(55-10)27-34(31)36(48)22-29-13-12-14-33(21-29)57-43-24-30(15-16-38(43)52-7)23-37-35-28-42(56-11)40(54-9)26-32(35)18-20-49(37)45(51)59-47(4,5)6/h12-16,21,24-28,36-37H,17-20,22-23H2,1-11H3/t36-,37-/m1/s1. The van der Waals surface area contributed by atoms with Gasteiger partial charge in [-0.3, -0.25) is 0 Å². The van der Waals surface area contributed by atoms with Gasteiger partial charge in [0.15, 0.2) is 34.5 Å². The highest BCUT2D eigenvalue weighted by Crippen LogP contribution is 2.43. The molecule has 2 aliphatic rings. The number of methoxy groups -OCH3 is 5. The molecular weight excluding hydrogens is 753 g/mol. The molecule has 0 aromatic heterocycles. The molecule has 59 heavy (non-hydrogen) atoms. The molecule has 12 heteroatoms. The maximum absolute atomic E-state index is 13.7. The van der Waals surface area contributed by atoms with Crippen LogP contribution >= 0.6 is 0 Å². The summed E-state index contributed by atoms with van der Waals surface area (Å²) in [6.07, 6.45) is 1.49. The number of hydrogen-bond acceptors (Lipinski definition) is 10. The first kappa shape index (κ1) is 42.8. The highest BCUT2D eigenvalue weighted by Gasteiger charge is 2.37. The van der Waals surface area contributed by atoms with Crippen molar-refractivity contribution in [1.29, 1.82) is 0 Å². The zero-order valence-electron chi connectivity index (χ0n) is 36.2. The summed E-state index contributed by atoms with van der Waals surface area (Å²) in [4.78, 5) is 31.0. The molecule has 0 bridgehead atoms. The van der Waals surface area contributed by atoms with Crippen molar-refractivity contribution < 1.29 is 47.5 Å². The van der Waals surface area contributed by atoms with E-state index < -0.39 is 11.2 Å². The Labute approximate surface area is 348 Å². The third-order valence-corrected chi connectivity index (χ3v) is 10.5. The zero-order chi connectivity index (χ0) is 42.6. The molecule has 0 unspecified atom stereocenters. The van der Waals surface area contributed by atoms with Gasteiger partial charge in [0, 0.05) is 13.1 Å². The molecule has 0 radical (unpaired) electrons. The number of fused-ring (bicyclic) bond motifs is 2. The van der Waals surface area contributed by atoms with Crippen molar-refractivity contribution in [1.82, 2.24) is 9.80 Å². The van der Waals surface area contributed by atoms with Crippen LogP contribution in [-0.2, 0) is 35.2 Å². The Kier molecular flexibility index (Phi) is 12.8. The van der Waals surface area contributed by atoms with E-state index in [1.807, 2.05) is 108 Å². The van der Waals surface area contributed by atoms with Crippen LogP contribution in [0.15, 0.2) is 66.7 Å². The van der Waals surface area contributed by atoms with Gasteiger partial charge in [-0.2, -0.15) is 0 Å². The Morgan fingerprint density at radius 1 is 0.542 bits per heavy atom. The van der Waals surface area contributed by atoms with E-state index in [4.69, 9.17) is 37.9 Å². The molecule has 2 atom stereocenters. The lowest BCUT2D eigenvalue weighted by molar-refractivity contribution is 0.0130. The number of carbonyl (C=O) groups excluding carboxylic acids is 2. The lowest BCUT2D eigenvalue weighted by Crippen LogP contribution is -2.43. The Hall–Kier alpha value is -5.78. The molecule has 2 heterocycles. The van der Waals surface area contributed by atoms with Crippen LogP contribution in [0.3, 0.4) is 0 Å². The fourth-order valence-corrected chi connectivity index (χ4v) is 7.81. The van der Waals surface area contributed by atoms with Gasteiger partial charge in [0.1, 0.15) is 17.0 Å². The van der Waals surface area contributed by atoms with Crippen LogP contribution in [0.1, 0.15) is 87.0 Å². The summed E-state index contributed by atoms with van der Waals surface area (Å²) >= 11 is 0. The summed E-state index contributed by atoms with van der Waals surface area (Å²) in [5, 5.41) is 0. The number of ether oxygens (including phenoxy) is 8. The van der Waals surface area contributed by atoms with Gasteiger partial charge in [-0.25, -0.2) is 9.59 Å². The predicted octanol–water partition coefficient (Wildman–Crippen LogP) is 9.68. The normalized spacial score (nSPS) is 16.3. The third kappa shape index (κ3) is 9.92. The molecule has 4 aromatic rings. The predicted molar refractivity (Wildman–Crippen MR) is 225 cm³/mol. The van der Waals surface area contributed by atoms with E-state index >= 15 is 0 Å². The van der Waals surface area contributed by atoms with Crippen LogP contribution < -0.4 is 28.4 Å². The van der Waals surface area contributed by atoms with Crippen molar-refractivity contribution in [2.45, 2.75) is 90.5 Å². The van der Waals surface area contributed by atoms with E-state index in [2.05, 4.69) is 0 Å². The van der Waals surface area contributed by atoms with Gasteiger partial charge in [-0.15, -0.1) is 0 Å². The van der Waals surface area contributed by atoms with Crippen molar-refractivity contribution in [2.24, 2.45) is 0 Å². The average molecular weight is 811 g/mol. The van der Waals surface area contributed by atoms with Crippen molar-refractivity contribution in [3.8, 4) is 40.2 Å². The number of carbonyl (C=O) groups is 2.